The molecular formula is C17H26N2O3. The Bertz CT molecular complexity index is 504. The number of hydrogen-bond acceptors (Lipinski definition) is 3. The highest BCUT2D eigenvalue weighted by molar-refractivity contribution is 5.82. The fourth-order valence-corrected chi connectivity index (χ4v) is 2.50. The molecule has 122 valence electrons. The molecule has 0 aliphatic heterocycles. The second-order valence-electron chi connectivity index (χ2n) is 5.48. The van der Waals surface area contributed by atoms with Gasteiger partial charge in [-0.05, 0) is 51.0 Å². The zero-order chi connectivity index (χ0) is 16.7. The Hall–Kier alpha value is -2.04. The van der Waals surface area contributed by atoms with Gasteiger partial charge >= 0.3 is 5.97 Å². The van der Waals surface area contributed by atoms with Crippen LogP contribution in [0.5, 0.6) is 0 Å². The fourth-order valence-electron chi connectivity index (χ4n) is 2.50. The molecule has 1 amide bonds. The normalized spacial score (nSPS) is 10.4. The number of amides is 1. The summed E-state index contributed by atoms with van der Waals surface area (Å²) in [6.45, 7) is 9.74. The number of hydrogen-bond donors (Lipinski definition) is 1. The molecule has 0 aliphatic rings. The van der Waals surface area contributed by atoms with Crippen LogP contribution < -0.4 is 4.90 Å². The maximum Gasteiger partial charge on any atom is 0.305 e. The van der Waals surface area contributed by atoms with Crippen LogP contribution in [0.15, 0.2) is 18.2 Å². The topological polar surface area (TPSA) is 60.9 Å². The van der Waals surface area contributed by atoms with Gasteiger partial charge in [-0.3, -0.25) is 9.59 Å². The Balaban J connectivity index is 2.96. The first kappa shape index (κ1) is 18.0. The van der Waals surface area contributed by atoms with E-state index in [1.165, 1.54) is 0 Å². The van der Waals surface area contributed by atoms with E-state index in [4.69, 9.17) is 5.11 Å². The number of aliphatic carboxylic acids is 1. The van der Waals surface area contributed by atoms with Gasteiger partial charge < -0.3 is 14.9 Å². The lowest BCUT2D eigenvalue weighted by Gasteiger charge is -2.28. The van der Waals surface area contributed by atoms with Crippen molar-refractivity contribution in [1.29, 1.82) is 0 Å². The first-order chi connectivity index (χ1) is 10.4. The molecular weight excluding hydrogens is 280 g/mol. The van der Waals surface area contributed by atoms with E-state index >= 15 is 0 Å². The van der Waals surface area contributed by atoms with Crippen molar-refractivity contribution in [3.05, 3.63) is 29.3 Å². The number of carboxylic acids is 1. The Kier molecular flexibility index (Phi) is 6.89. The third-order valence-corrected chi connectivity index (χ3v) is 3.61. The molecule has 1 N–H and O–H groups in total. The summed E-state index contributed by atoms with van der Waals surface area (Å²) in [6.07, 6.45) is 0.0124. The van der Waals surface area contributed by atoms with Crippen LogP contribution in [0.3, 0.4) is 0 Å². The predicted molar refractivity (Wildman–Crippen MR) is 88.3 cm³/mol. The van der Waals surface area contributed by atoms with Crippen LogP contribution in [0, 0.1) is 13.8 Å². The summed E-state index contributed by atoms with van der Waals surface area (Å²) in [4.78, 5) is 26.8. The third-order valence-electron chi connectivity index (χ3n) is 3.61. The lowest BCUT2D eigenvalue weighted by molar-refractivity contribution is -0.137. The minimum Gasteiger partial charge on any atom is -0.481 e. The minimum atomic E-state index is -0.857. The summed E-state index contributed by atoms with van der Waals surface area (Å²) < 4.78 is 0. The third kappa shape index (κ3) is 5.39. The van der Waals surface area contributed by atoms with Crippen LogP contribution in [0.2, 0.25) is 0 Å². The van der Waals surface area contributed by atoms with E-state index in [2.05, 4.69) is 6.07 Å². The molecule has 0 spiro atoms. The average Bonchev–Trinajstić information content (AvgIpc) is 2.43. The molecule has 0 saturated heterocycles. The van der Waals surface area contributed by atoms with Crippen LogP contribution in [-0.2, 0) is 9.59 Å². The summed E-state index contributed by atoms with van der Waals surface area (Å²) in [6, 6.07) is 6.04. The number of carboxylic acid groups (broad SMARTS) is 1. The van der Waals surface area contributed by atoms with Gasteiger partial charge in [0.15, 0.2) is 0 Å². The van der Waals surface area contributed by atoms with Gasteiger partial charge in [0, 0.05) is 25.3 Å². The lowest BCUT2D eigenvalue weighted by Crippen LogP contribution is -2.41. The van der Waals surface area contributed by atoms with Crippen molar-refractivity contribution in [3.63, 3.8) is 0 Å². The van der Waals surface area contributed by atoms with Crippen molar-refractivity contribution in [3.8, 4) is 0 Å². The first-order valence-electron chi connectivity index (χ1n) is 7.70. The summed E-state index contributed by atoms with van der Waals surface area (Å²) in [7, 11) is 0. The molecule has 0 fully saturated rings. The summed E-state index contributed by atoms with van der Waals surface area (Å²) in [5.74, 6) is -0.834. The van der Waals surface area contributed by atoms with Crippen LogP contribution in [0.25, 0.3) is 0 Å². The second-order valence-corrected chi connectivity index (χ2v) is 5.48. The van der Waals surface area contributed by atoms with Crippen LogP contribution in [0.1, 0.15) is 31.4 Å². The highest BCUT2D eigenvalue weighted by Gasteiger charge is 2.17. The van der Waals surface area contributed by atoms with Gasteiger partial charge in [0.05, 0.1) is 13.0 Å². The average molecular weight is 306 g/mol. The number of rotatable bonds is 8. The molecule has 5 nitrogen and oxygen atoms in total. The largest absolute Gasteiger partial charge is 0.481 e. The number of aryl methyl sites for hydroxylation is 2. The zero-order valence-corrected chi connectivity index (χ0v) is 13.9. The number of likely N-dealkylation sites (N-methyl/N-ethyl adjacent to an activating group) is 1. The maximum atomic E-state index is 12.3. The highest BCUT2D eigenvalue weighted by Crippen LogP contribution is 2.19. The molecule has 0 heterocycles. The van der Waals surface area contributed by atoms with E-state index in [0.29, 0.717) is 19.6 Å². The van der Waals surface area contributed by atoms with Crippen molar-refractivity contribution >= 4 is 17.6 Å². The number of anilines is 1. The molecule has 1 aromatic carbocycles. The van der Waals surface area contributed by atoms with Gasteiger partial charge in [-0.25, -0.2) is 0 Å². The zero-order valence-electron chi connectivity index (χ0n) is 13.9. The Morgan fingerprint density at radius 3 is 2.05 bits per heavy atom. The standard InChI is InChI=1S/C17H26N2O3/c1-5-18(6-2)16(20)12-19(8-7-17(21)22)15-10-13(3)9-14(4)11-15/h9-11H,5-8,12H2,1-4H3,(H,21,22). The fraction of sp³-hybridized carbons (Fsp3) is 0.529. The molecule has 1 aromatic rings. The number of benzene rings is 1. The maximum absolute atomic E-state index is 12.3. The van der Waals surface area contributed by atoms with Crippen molar-refractivity contribution < 1.29 is 14.7 Å². The molecule has 0 bridgehead atoms. The van der Waals surface area contributed by atoms with E-state index in [1.807, 2.05) is 44.7 Å². The van der Waals surface area contributed by atoms with Crippen molar-refractivity contribution in [1.82, 2.24) is 4.90 Å². The molecule has 22 heavy (non-hydrogen) atoms. The molecule has 0 radical (unpaired) electrons. The Morgan fingerprint density at radius 2 is 1.59 bits per heavy atom. The van der Waals surface area contributed by atoms with Crippen molar-refractivity contribution in [2.75, 3.05) is 31.1 Å². The SMILES string of the molecule is CCN(CC)C(=O)CN(CCC(=O)O)c1cc(C)cc(C)c1. The van der Waals surface area contributed by atoms with Crippen LogP contribution in [0.4, 0.5) is 5.69 Å². The van der Waals surface area contributed by atoms with Crippen molar-refractivity contribution in [2.45, 2.75) is 34.1 Å². The molecule has 1 rings (SSSR count). The monoisotopic (exact) mass is 306 g/mol. The summed E-state index contributed by atoms with van der Waals surface area (Å²) >= 11 is 0. The summed E-state index contributed by atoms with van der Waals surface area (Å²) in [5, 5.41) is 8.93. The van der Waals surface area contributed by atoms with Gasteiger partial charge in [0.2, 0.25) is 5.91 Å². The van der Waals surface area contributed by atoms with E-state index in [1.54, 1.807) is 4.90 Å². The van der Waals surface area contributed by atoms with Crippen LogP contribution >= 0.6 is 0 Å². The van der Waals surface area contributed by atoms with Gasteiger partial charge in [0.1, 0.15) is 0 Å². The van der Waals surface area contributed by atoms with E-state index < -0.39 is 5.97 Å². The second kappa shape index (κ2) is 8.41. The summed E-state index contributed by atoms with van der Waals surface area (Å²) in [5.41, 5.74) is 3.11. The Labute approximate surface area is 132 Å². The molecule has 0 atom stereocenters. The molecule has 0 unspecified atom stereocenters. The molecule has 5 heteroatoms. The van der Waals surface area contributed by atoms with E-state index in [9.17, 15) is 9.59 Å². The molecule has 0 aromatic heterocycles. The van der Waals surface area contributed by atoms with Crippen LogP contribution in [-0.4, -0.2) is 48.1 Å². The smallest absolute Gasteiger partial charge is 0.305 e. The predicted octanol–water partition coefficient (Wildman–Crippen LogP) is 2.45. The quantitative estimate of drug-likeness (QED) is 0.801. The molecule has 0 aliphatic carbocycles. The Morgan fingerprint density at radius 1 is 1.05 bits per heavy atom. The lowest BCUT2D eigenvalue weighted by atomic mass is 10.1. The van der Waals surface area contributed by atoms with Gasteiger partial charge in [-0.2, -0.15) is 0 Å². The van der Waals surface area contributed by atoms with E-state index in [0.717, 1.165) is 16.8 Å². The molecule has 0 saturated carbocycles. The first-order valence-corrected chi connectivity index (χ1v) is 7.70. The van der Waals surface area contributed by atoms with Crippen molar-refractivity contribution in [2.24, 2.45) is 0 Å². The minimum absolute atomic E-state index is 0.0124. The van der Waals surface area contributed by atoms with Gasteiger partial charge in [0.25, 0.3) is 0 Å². The number of carbonyl (C=O) groups is 2. The van der Waals surface area contributed by atoms with Gasteiger partial charge in [-0.1, -0.05) is 6.07 Å². The van der Waals surface area contributed by atoms with E-state index in [-0.39, 0.29) is 18.9 Å². The highest BCUT2D eigenvalue weighted by atomic mass is 16.4. The number of carbonyl (C=O) groups excluding carboxylic acids is 1. The van der Waals surface area contributed by atoms with Gasteiger partial charge in [-0.15, -0.1) is 0 Å². The number of nitrogens with zero attached hydrogens (tertiary/aromatic N) is 2.